The molecule has 33 heavy (non-hydrogen) atoms. The van der Waals surface area contributed by atoms with Crippen LogP contribution < -0.4 is 0 Å². The molecule has 1 aliphatic heterocycles. The first-order valence-electron chi connectivity index (χ1n) is 11.9. The number of carboxylic acids is 1. The number of nitrogens with zero attached hydrogens (tertiary/aromatic N) is 1. The Hall–Kier alpha value is -2.92. The van der Waals surface area contributed by atoms with Crippen molar-refractivity contribution in [2.75, 3.05) is 6.54 Å². The second kappa shape index (κ2) is 9.92. The first kappa shape index (κ1) is 23.2. The Morgan fingerprint density at radius 2 is 1.79 bits per heavy atom. The summed E-state index contributed by atoms with van der Waals surface area (Å²) in [6, 6.07) is 15.3. The van der Waals surface area contributed by atoms with Crippen LogP contribution in [0.2, 0.25) is 0 Å². The maximum atomic E-state index is 12.5. The van der Waals surface area contributed by atoms with Crippen molar-refractivity contribution in [3.05, 3.63) is 82.9 Å². The molecule has 2 aliphatic rings. The van der Waals surface area contributed by atoms with Crippen LogP contribution in [0.3, 0.4) is 0 Å². The van der Waals surface area contributed by atoms with Crippen molar-refractivity contribution in [1.82, 2.24) is 4.90 Å². The van der Waals surface area contributed by atoms with Gasteiger partial charge < -0.3 is 15.1 Å². The molecule has 0 aromatic heterocycles. The molecule has 2 N–H and O–H groups in total. The van der Waals surface area contributed by atoms with E-state index in [1.165, 1.54) is 11.1 Å². The van der Waals surface area contributed by atoms with Crippen molar-refractivity contribution in [2.24, 2.45) is 0 Å². The summed E-state index contributed by atoms with van der Waals surface area (Å²) in [5.41, 5.74) is 3.44. The number of hydrogen-bond donors (Lipinski definition) is 2. The third-order valence-electron chi connectivity index (χ3n) is 7.42. The minimum Gasteiger partial charge on any atom is -0.478 e. The molecule has 1 aliphatic carbocycles. The lowest BCUT2D eigenvalue weighted by atomic mass is 9.73. The van der Waals surface area contributed by atoms with Crippen molar-refractivity contribution in [3.63, 3.8) is 0 Å². The molecule has 1 amide bonds. The average Bonchev–Trinajstić information content (AvgIpc) is 3.44. The highest BCUT2D eigenvalue weighted by Crippen LogP contribution is 2.44. The molecule has 5 nitrogen and oxygen atoms in total. The number of hydrogen-bond acceptors (Lipinski definition) is 3. The predicted octanol–water partition coefficient (Wildman–Crippen LogP) is 4.66. The second-order valence-electron chi connectivity index (χ2n) is 9.50. The molecule has 1 saturated heterocycles. The zero-order valence-corrected chi connectivity index (χ0v) is 19.2. The molecule has 2 aromatic carbocycles. The first-order chi connectivity index (χ1) is 15.9. The van der Waals surface area contributed by atoms with Gasteiger partial charge in [0.1, 0.15) is 0 Å². The summed E-state index contributed by atoms with van der Waals surface area (Å²) in [4.78, 5) is 25.4. The topological polar surface area (TPSA) is 77.8 Å². The first-order valence-corrected chi connectivity index (χ1v) is 11.9. The summed E-state index contributed by atoms with van der Waals surface area (Å²) < 4.78 is 0. The van der Waals surface area contributed by atoms with Crippen LogP contribution in [0.5, 0.6) is 0 Å². The summed E-state index contributed by atoms with van der Waals surface area (Å²) in [5.74, 6) is -0.805. The Labute approximate surface area is 195 Å². The van der Waals surface area contributed by atoms with Crippen molar-refractivity contribution in [1.29, 1.82) is 0 Å². The number of aliphatic hydroxyl groups excluding tert-OH is 1. The van der Waals surface area contributed by atoms with E-state index in [0.717, 1.165) is 37.7 Å². The van der Waals surface area contributed by atoms with Crippen LogP contribution >= 0.6 is 0 Å². The lowest BCUT2D eigenvalue weighted by Crippen LogP contribution is -2.37. The minimum atomic E-state index is -0.939. The number of benzene rings is 2. The van der Waals surface area contributed by atoms with E-state index < -0.39 is 12.1 Å². The molecular weight excluding hydrogens is 414 g/mol. The minimum absolute atomic E-state index is 0.0121. The number of carbonyl (C=O) groups excluding carboxylic acids is 1. The smallest absolute Gasteiger partial charge is 0.335 e. The van der Waals surface area contributed by atoms with Gasteiger partial charge in [-0.1, -0.05) is 67.0 Å². The maximum absolute atomic E-state index is 12.5. The van der Waals surface area contributed by atoms with Gasteiger partial charge in [-0.2, -0.15) is 0 Å². The van der Waals surface area contributed by atoms with Gasteiger partial charge in [-0.25, -0.2) is 4.79 Å². The van der Waals surface area contributed by atoms with Gasteiger partial charge in [-0.3, -0.25) is 4.79 Å². The van der Waals surface area contributed by atoms with Crippen LogP contribution in [-0.4, -0.2) is 45.7 Å². The fourth-order valence-corrected chi connectivity index (χ4v) is 5.37. The van der Waals surface area contributed by atoms with E-state index in [0.29, 0.717) is 19.4 Å². The quantitative estimate of drug-likeness (QED) is 0.577. The monoisotopic (exact) mass is 447 g/mol. The third-order valence-corrected chi connectivity index (χ3v) is 7.42. The van der Waals surface area contributed by atoms with E-state index in [1.54, 1.807) is 12.1 Å². The number of aliphatic hydroxyl groups is 1. The summed E-state index contributed by atoms with van der Waals surface area (Å²) in [6.45, 7) is 2.66. The van der Waals surface area contributed by atoms with Gasteiger partial charge in [0, 0.05) is 18.4 Å². The third kappa shape index (κ3) is 5.03. The van der Waals surface area contributed by atoms with E-state index in [4.69, 9.17) is 5.11 Å². The number of aromatic carboxylic acids is 1. The van der Waals surface area contributed by atoms with Crippen LogP contribution in [-0.2, 0) is 16.6 Å². The molecule has 4 rings (SSSR count). The van der Waals surface area contributed by atoms with Crippen LogP contribution in [0.25, 0.3) is 0 Å². The molecule has 5 heteroatoms. The van der Waals surface area contributed by atoms with Gasteiger partial charge >= 0.3 is 5.97 Å². The van der Waals surface area contributed by atoms with Crippen LogP contribution in [0.4, 0.5) is 0 Å². The zero-order chi connectivity index (χ0) is 23.4. The van der Waals surface area contributed by atoms with Gasteiger partial charge in [-0.15, -0.1) is 0 Å². The largest absolute Gasteiger partial charge is 0.478 e. The van der Waals surface area contributed by atoms with Gasteiger partial charge in [0.2, 0.25) is 5.91 Å². The van der Waals surface area contributed by atoms with E-state index in [-0.39, 0.29) is 22.9 Å². The summed E-state index contributed by atoms with van der Waals surface area (Å²) in [7, 11) is 0. The summed E-state index contributed by atoms with van der Waals surface area (Å²) in [5, 5.41) is 20.3. The number of aryl methyl sites for hydroxylation is 1. The Morgan fingerprint density at radius 3 is 2.42 bits per heavy atom. The molecule has 1 heterocycles. The standard InChI is InChI=1S/C28H33NO4/c1-20-4-10-23(11-5-20)28(17-2-3-18-28)25(30)14-12-24-13-15-26(31)29(24)19-16-21-6-8-22(9-7-21)27(32)33/h4-12,14,24-25,30H,2-3,13,15-19H2,1H3,(H,32,33). The van der Waals surface area contributed by atoms with Crippen molar-refractivity contribution in [3.8, 4) is 0 Å². The van der Waals surface area contributed by atoms with Crippen molar-refractivity contribution >= 4 is 11.9 Å². The molecule has 0 radical (unpaired) electrons. The number of likely N-dealkylation sites (tertiary alicyclic amines) is 1. The van der Waals surface area contributed by atoms with Crippen molar-refractivity contribution < 1.29 is 19.8 Å². The number of carboxylic acid groups (broad SMARTS) is 1. The molecule has 1 saturated carbocycles. The Morgan fingerprint density at radius 1 is 1.12 bits per heavy atom. The number of amides is 1. The molecule has 2 unspecified atom stereocenters. The van der Waals surface area contributed by atoms with Gasteiger partial charge in [0.25, 0.3) is 0 Å². The van der Waals surface area contributed by atoms with E-state index >= 15 is 0 Å². The molecule has 0 spiro atoms. The summed E-state index contributed by atoms with van der Waals surface area (Å²) >= 11 is 0. The second-order valence-corrected chi connectivity index (χ2v) is 9.50. The highest BCUT2D eigenvalue weighted by Gasteiger charge is 2.41. The molecule has 2 atom stereocenters. The normalized spacial score (nSPS) is 21.1. The maximum Gasteiger partial charge on any atom is 0.335 e. The lowest BCUT2D eigenvalue weighted by molar-refractivity contribution is -0.128. The van der Waals surface area contributed by atoms with Crippen LogP contribution in [0, 0.1) is 6.92 Å². The number of carbonyl (C=O) groups is 2. The van der Waals surface area contributed by atoms with E-state index in [2.05, 4.69) is 31.2 Å². The number of rotatable bonds is 8. The highest BCUT2D eigenvalue weighted by molar-refractivity contribution is 5.87. The lowest BCUT2D eigenvalue weighted by Gasteiger charge is -2.34. The molecule has 2 aromatic rings. The zero-order valence-electron chi connectivity index (χ0n) is 19.2. The molecule has 174 valence electrons. The van der Waals surface area contributed by atoms with Crippen molar-refractivity contribution in [2.45, 2.75) is 69.4 Å². The van der Waals surface area contributed by atoms with Gasteiger partial charge in [0.05, 0.1) is 17.7 Å². The van der Waals surface area contributed by atoms with E-state index in [1.807, 2.05) is 29.2 Å². The predicted molar refractivity (Wildman–Crippen MR) is 128 cm³/mol. The fraction of sp³-hybridized carbons (Fsp3) is 0.429. The molecule has 2 fully saturated rings. The van der Waals surface area contributed by atoms with Crippen LogP contribution in [0.1, 0.15) is 65.6 Å². The molecular formula is C28H33NO4. The molecule has 0 bridgehead atoms. The Bertz CT molecular complexity index is 1000. The summed E-state index contributed by atoms with van der Waals surface area (Å²) in [6.07, 6.45) is 9.50. The Balaban J connectivity index is 1.43. The SMILES string of the molecule is Cc1ccc(C2(C(O)C=CC3CCC(=O)N3CCc3ccc(C(=O)O)cc3)CCCC2)cc1. The average molecular weight is 448 g/mol. The van der Waals surface area contributed by atoms with Gasteiger partial charge in [0.15, 0.2) is 0 Å². The van der Waals surface area contributed by atoms with Crippen LogP contribution in [0.15, 0.2) is 60.7 Å². The highest BCUT2D eigenvalue weighted by atomic mass is 16.4. The van der Waals surface area contributed by atoms with E-state index in [9.17, 15) is 14.7 Å². The van der Waals surface area contributed by atoms with Gasteiger partial charge in [-0.05, 0) is 55.9 Å². The fourth-order valence-electron chi connectivity index (χ4n) is 5.37. The Kier molecular flexibility index (Phi) is 6.99.